The number of benzene rings is 1. The number of carbonyl (C=O) groups excluding carboxylic acids is 1. The van der Waals surface area contributed by atoms with Crippen LogP contribution in [0.15, 0.2) is 47.1 Å². The molecule has 186 valence electrons. The lowest BCUT2D eigenvalue weighted by Gasteiger charge is -2.28. The van der Waals surface area contributed by atoms with Gasteiger partial charge in [-0.15, -0.1) is 13.2 Å². The molecule has 0 aliphatic carbocycles. The van der Waals surface area contributed by atoms with E-state index in [9.17, 15) is 28.1 Å². The lowest BCUT2D eigenvalue weighted by molar-refractivity contribution is -0.431. The number of dihydropyridines is 1. The van der Waals surface area contributed by atoms with Crippen molar-refractivity contribution in [2.45, 2.75) is 45.4 Å². The molecule has 1 fully saturated rings. The quantitative estimate of drug-likeness (QED) is 0.338. The van der Waals surface area contributed by atoms with Crippen molar-refractivity contribution in [2.75, 3.05) is 26.2 Å². The van der Waals surface area contributed by atoms with Gasteiger partial charge in [-0.25, -0.2) is 4.79 Å². The summed E-state index contributed by atoms with van der Waals surface area (Å²) in [4.78, 5) is 25.7. The number of nitrogens with zero attached hydrogens (tertiary/aromatic N) is 2. The summed E-state index contributed by atoms with van der Waals surface area (Å²) in [5, 5.41) is 14.6. The third-order valence-corrected chi connectivity index (χ3v) is 5.59. The van der Waals surface area contributed by atoms with Crippen LogP contribution in [0.25, 0.3) is 0 Å². The van der Waals surface area contributed by atoms with Crippen LogP contribution in [-0.4, -0.2) is 48.6 Å². The number of nitrogens with one attached hydrogen (secondary N) is 1. The van der Waals surface area contributed by atoms with Crippen molar-refractivity contribution in [3.63, 3.8) is 0 Å². The fourth-order valence-corrected chi connectivity index (χ4v) is 4.13. The van der Waals surface area contributed by atoms with Crippen LogP contribution < -0.4 is 10.1 Å². The Bertz CT molecular complexity index is 986. The fourth-order valence-electron chi connectivity index (χ4n) is 4.13. The van der Waals surface area contributed by atoms with Gasteiger partial charge in [-0.1, -0.05) is 24.6 Å². The van der Waals surface area contributed by atoms with Gasteiger partial charge >= 0.3 is 12.5 Å². The Morgan fingerprint density at radius 1 is 1.18 bits per heavy atom. The highest BCUT2D eigenvalue weighted by Crippen LogP contribution is 2.43. The van der Waals surface area contributed by atoms with E-state index >= 15 is 0 Å². The maximum absolute atomic E-state index is 13.0. The lowest BCUT2D eigenvalue weighted by Crippen LogP contribution is -2.33. The Kier molecular flexibility index (Phi) is 8.02. The van der Waals surface area contributed by atoms with Crippen molar-refractivity contribution in [2.24, 2.45) is 0 Å². The molecule has 1 aromatic carbocycles. The van der Waals surface area contributed by atoms with E-state index in [-0.39, 0.29) is 29.3 Å². The number of likely N-dealkylation sites (tertiary alicyclic amines) is 1. The largest absolute Gasteiger partial charge is 0.573 e. The number of nitro groups is 1. The van der Waals surface area contributed by atoms with Gasteiger partial charge in [0.15, 0.2) is 0 Å². The third kappa shape index (κ3) is 6.40. The van der Waals surface area contributed by atoms with E-state index in [2.05, 4.69) is 15.0 Å². The van der Waals surface area contributed by atoms with Crippen molar-refractivity contribution in [3.8, 4) is 5.75 Å². The molecule has 0 saturated carbocycles. The van der Waals surface area contributed by atoms with Crippen molar-refractivity contribution in [1.82, 2.24) is 10.2 Å². The number of alkyl halides is 3. The van der Waals surface area contributed by atoms with E-state index in [4.69, 9.17) is 9.47 Å². The summed E-state index contributed by atoms with van der Waals surface area (Å²) in [5.41, 5.74) is -0.328. The van der Waals surface area contributed by atoms with Crippen LogP contribution >= 0.6 is 0 Å². The molecule has 2 aliphatic rings. The van der Waals surface area contributed by atoms with Crippen molar-refractivity contribution in [3.05, 3.63) is 62.8 Å². The molecule has 1 aromatic rings. The number of allylic oxidation sites excluding steroid dienone is 2. The van der Waals surface area contributed by atoms with Crippen molar-refractivity contribution < 1.29 is 37.1 Å². The normalized spacial score (nSPS) is 19.5. The predicted octanol–water partition coefficient (Wildman–Crippen LogP) is 4.65. The Morgan fingerprint density at radius 2 is 1.85 bits per heavy atom. The zero-order chi connectivity index (χ0) is 24.9. The minimum absolute atomic E-state index is 0.0496. The van der Waals surface area contributed by atoms with Gasteiger partial charge in [0.25, 0.3) is 5.70 Å². The van der Waals surface area contributed by atoms with Crippen LogP contribution in [0.4, 0.5) is 18.0 Å². The second-order valence-corrected chi connectivity index (χ2v) is 8.00. The second-order valence-electron chi connectivity index (χ2n) is 8.00. The van der Waals surface area contributed by atoms with Crippen molar-refractivity contribution >= 4 is 6.16 Å². The van der Waals surface area contributed by atoms with Gasteiger partial charge in [0.05, 0.1) is 16.3 Å². The SMILES string of the molecule is CC1=C(OC(=O)OCCN2CCCCC2)C(c2ccccc2OC(F)(F)F)C([N+](=O)[O-])=C(C)N1. The first-order valence-corrected chi connectivity index (χ1v) is 10.8. The highest BCUT2D eigenvalue weighted by atomic mass is 19.4. The zero-order valence-electron chi connectivity index (χ0n) is 18.8. The molecular formula is C22H26F3N3O6. The molecule has 1 N–H and O–H groups in total. The molecule has 9 nitrogen and oxygen atoms in total. The van der Waals surface area contributed by atoms with Crippen LogP contribution in [0.5, 0.6) is 5.75 Å². The van der Waals surface area contributed by atoms with Crippen LogP contribution in [0.2, 0.25) is 0 Å². The first-order chi connectivity index (χ1) is 16.1. The molecule has 1 saturated heterocycles. The molecule has 1 atom stereocenters. The molecule has 2 aliphatic heterocycles. The minimum Gasteiger partial charge on any atom is -0.433 e. The highest BCUT2D eigenvalue weighted by molar-refractivity contribution is 5.63. The summed E-state index contributed by atoms with van der Waals surface area (Å²) in [5.74, 6) is -2.32. The number of para-hydroxylation sites is 1. The average molecular weight is 485 g/mol. The maximum atomic E-state index is 13.0. The third-order valence-electron chi connectivity index (χ3n) is 5.59. The molecule has 0 radical (unpaired) electrons. The molecule has 0 bridgehead atoms. The summed E-state index contributed by atoms with van der Waals surface area (Å²) in [6, 6.07) is 5.02. The Labute approximate surface area is 194 Å². The average Bonchev–Trinajstić information content (AvgIpc) is 2.75. The Hall–Kier alpha value is -3.28. The van der Waals surface area contributed by atoms with Crippen LogP contribution in [-0.2, 0) is 9.47 Å². The number of ether oxygens (including phenoxy) is 3. The number of hydrogen-bond donors (Lipinski definition) is 1. The van der Waals surface area contributed by atoms with E-state index in [1.54, 1.807) is 0 Å². The van der Waals surface area contributed by atoms with Crippen LogP contribution in [0.3, 0.4) is 0 Å². The Balaban J connectivity index is 1.85. The van der Waals surface area contributed by atoms with E-state index in [0.717, 1.165) is 38.4 Å². The maximum Gasteiger partial charge on any atom is 0.573 e. The summed E-state index contributed by atoms with van der Waals surface area (Å²) in [7, 11) is 0. The second kappa shape index (κ2) is 10.8. The van der Waals surface area contributed by atoms with Crippen LogP contribution in [0.1, 0.15) is 44.6 Å². The Morgan fingerprint density at radius 3 is 2.50 bits per heavy atom. The van der Waals surface area contributed by atoms with Gasteiger partial charge < -0.3 is 19.5 Å². The molecule has 34 heavy (non-hydrogen) atoms. The molecule has 1 unspecified atom stereocenters. The topological polar surface area (TPSA) is 103 Å². The lowest BCUT2D eigenvalue weighted by atomic mass is 9.89. The van der Waals surface area contributed by atoms with E-state index < -0.39 is 34.8 Å². The highest BCUT2D eigenvalue weighted by Gasteiger charge is 2.43. The van der Waals surface area contributed by atoms with Gasteiger partial charge in [-0.3, -0.25) is 15.0 Å². The van der Waals surface area contributed by atoms with Gasteiger partial charge in [-0.2, -0.15) is 0 Å². The first-order valence-electron chi connectivity index (χ1n) is 10.8. The number of halogens is 3. The number of hydrogen-bond acceptors (Lipinski definition) is 8. The molecule has 0 amide bonds. The first kappa shape index (κ1) is 25.3. The van der Waals surface area contributed by atoms with E-state index in [1.165, 1.54) is 32.0 Å². The molecule has 0 spiro atoms. The summed E-state index contributed by atoms with van der Waals surface area (Å²) in [6.07, 6.45) is -2.83. The van der Waals surface area contributed by atoms with Gasteiger partial charge in [-0.05, 0) is 45.8 Å². The molecule has 0 aromatic heterocycles. The molecular weight excluding hydrogens is 459 g/mol. The minimum atomic E-state index is -5.02. The monoisotopic (exact) mass is 485 g/mol. The summed E-state index contributed by atoms with van der Waals surface area (Å²) < 4.78 is 53.6. The fraction of sp³-hybridized carbons (Fsp3) is 0.500. The summed E-state index contributed by atoms with van der Waals surface area (Å²) >= 11 is 0. The van der Waals surface area contributed by atoms with Gasteiger partial charge in [0, 0.05) is 12.1 Å². The van der Waals surface area contributed by atoms with Gasteiger partial charge in [0.1, 0.15) is 24.0 Å². The van der Waals surface area contributed by atoms with Gasteiger partial charge in [0.2, 0.25) is 0 Å². The van der Waals surface area contributed by atoms with E-state index in [0.29, 0.717) is 6.54 Å². The standard InChI is InChI=1S/C22H26F3N3O6/c1-14-19(28(30)31)18(16-8-4-5-9-17(16)34-22(23,24)25)20(15(2)26-14)33-21(29)32-13-12-27-10-6-3-7-11-27/h4-5,8-9,18,26H,3,6-7,10-13H2,1-2H3. The van der Waals surface area contributed by atoms with Crippen LogP contribution in [0, 0.1) is 10.1 Å². The predicted molar refractivity (Wildman–Crippen MR) is 114 cm³/mol. The number of rotatable bonds is 7. The molecule has 12 heteroatoms. The number of carbonyl (C=O) groups is 1. The number of piperidine rings is 1. The summed E-state index contributed by atoms with van der Waals surface area (Å²) in [6.45, 7) is 5.28. The van der Waals surface area contributed by atoms with Crippen molar-refractivity contribution in [1.29, 1.82) is 0 Å². The smallest absolute Gasteiger partial charge is 0.433 e. The molecule has 3 rings (SSSR count). The van der Waals surface area contributed by atoms with E-state index in [1.807, 2.05) is 0 Å². The zero-order valence-corrected chi connectivity index (χ0v) is 18.8. The molecule has 2 heterocycles.